The van der Waals surface area contributed by atoms with Gasteiger partial charge in [0.1, 0.15) is 28.1 Å². The molecule has 4 aliphatic rings. The van der Waals surface area contributed by atoms with Gasteiger partial charge in [0.25, 0.3) is 11.8 Å². The van der Waals surface area contributed by atoms with Crippen LogP contribution in [0.25, 0.3) is 11.3 Å². The molecule has 2 saturated carbocycles. The van der Waals surface area contributed by atoms with Crippen LogP contribution in [0.5, 0.6) is 0 Å². The zero-order valence-corrected chi connectivity index (χ0v) is 24.7. The monoisotopic (exact) mass is 584 g/mol. The Morgan fingerprint density at radius 2 is 1.46 bits per heavy atom. The van der Waals surface area contributed by atoms with Crippen molar-refractivity contribution in [3.05, 3.63) is 40.6 Å². The van der Waals surface area contributed by atoms with E-state index in [0.29, 0.717) is 55.4 Å². The minimum atomic E-state index is -1.21. The second-order valence-electron chi connectivity index (χ2n) is 12.9. The van der Waals surface area contributed by atoms with Gasteiger partial charge in [-0.3, -0.25) is 9.59 Å². The van der Waals surface area contributed by atoms with E-state index < -0.39 is 17.3 Å². The Morgan fingerprint density at radius 1 is 0.854 bits per heavy atom. The standard InChI is InChI=1S/C32H42ClFN4O3/c33-28-27(35-26-11-14-31(22-38(26)28)12-7-5-3-1-2-4-6-8-13-31)23-9-10-24(25(34)21-23)29(39)36-17-19-37(20-18-36)30(40)32(41)15-16-32/h9-10,21,41H,1-8,11-20,22H2. The van der Waals surface area contributed by atoms with E-state index in [-0.39, 0.29) is 16.9 Å². The molecule has 41 heavy (non-hydrogen) atoms. The summed E-state index contributed by atoms with van der Waals surface area (Å²) in [6.07, 6.45) is 16.0. The van der Waals surface area contributed by atoms with E-state index in [9.17, 15) is 14.7 Å². The maximum Gasteiger partial charge on any atom is 0.256 e. The number of aromatic nitrogens is 2. The minimum Gasteiger partial charge on any atom is -0.380 e. The summed E-state index contributed by atoms with van der Waals surface area (Å²) >= 11 is 6.94. The van der Waals surface area contributed by atoms with Crippen LogP contribution in [0.3, 0.4) is 0 Å². The van der Waals surface area contributed by atoms with Crippen molar-refractivity contribution < 1.29 is 19.1 Å². The molecular formula is C32H42ClFN4O3. The highest BCUT2D eigenvalue weighted by Crippen LogP contribution is 2.44. The van der Waals surface area contributed by atoms with Crippen LogP contribution in [0.1, 0.15) is 99.7 Å². The van der Waals surface area contributed by atoms with Gasteiger partial charge < -0.3 is 19.5 Å². The summed E-state index contributed by atoms with van der Waals surface area (Å²) < 4.78 is 17.5. The molecule has 2 aliphatic carbocycles. The van der Waals surface area contributed by atoms with Crippen molar-refractivity contribution in [1.82, 2.24) is 19.4 Å². The van der Waals surface area contributed by atoms with Gasteiger partial charge in [0.2, 0.25) is 0 Å². The summed E-state index contributed by atoms with van der Waals surface area (Å²) in [5, 5.41) is 10.7. The van der Waals surface area contributed by atoms with Crippen molar-refractivity contribution in [3.63, 3.8) is 0 Å². The van der Waals surface area contributed by atoms with Crippen LogP contribution >= 0.6 is 11.6 Å². The number of benzene rings is 1. The Bertz CT molecular complexity index is 1290. The lowest BCUT2D eigenvalue weighted by Gasteiger charge is -2.38. The van der Waals surface area contributed by atoms with E-state index in [4.69, 9.17) is 16.6 Å². The molecule has 9 heteroatoms. The summed E-state index contributed by atoms with van der Waals surface area (Å²) in [6.45, 7) is 2.17. The van der Waals surface area contributed by atoms with E-state index >= 15 is 4.39 Å². The van der Waals surface area contributed by atoms with Crippen molar-refractivity contribution in [3.8, 4) is 11.3 Å². The number of hydrogen-bond donors (Lipinski definition) is 1. The molecule has 0 unspecified atom stereocenters. The maximum atomic E-state index is 15.4. The normalized spacial score (nSPS) is 22.6. The van der Waals surface area contributed by atoms with Crippen LogP contribution in [-0.2, 0) is 17.8 Å². The first-order valence-electron chi connectivity index (χ1n) is 15.6. The van der Waals surface area contributed by atoms with Gasteiger partial charge in [0.05, 0.1) is 5.56 Å². The fourth-order valence-corrected chi connectivity index (χ4v) is 7.45. The zero-order chi connectivity index (χ0) is 28.6. The highest BCUT2D eigenvalue weighted by Gasteiger charge is 2.50. The molecular weight excluding hydrogens is 543 g/mol. The van der Waals surface area contributed by atoms with Crippen molar-refractivity contribution in [1.29, 1.82) is 0 Å². The number of amides is 2. The number of aliphatic hydroxyl groups is 1. The topological polar surface area (TPSA) is 78.7 Å². The molecule has 1 spiro atoms. The number of nitrogens with zero attached hydrogens (tertiary/aromatic N) is 4. The molecule has 0 atom stereocenters. The Balaban J connectivity index is 1.14. The minimum absolute atomic E-state index is 0.00539. The highest BCUT2D eigenvalue weighted by molar-refractivity contribution is 6.32. The van der Waals surface area contributed by atoms with E-state index in [0.717, 1.165) is 25.2 Å². The van der Waals surface area contributed by atoms with Crippen LogP contribution < -0.4 is 0 Å². The molecule has 7 nitrogen and oxygen atoms in total. The predicted octanol–water partition coefficient (Wildman–Crippen LogP) is 6.00. The van der Waals surface area contributed by atoms with Crippen LogP contribution in [-0.4, -0.2) is 68.1 Å². The second-order valence-corrected chi connectivity index (χ2v) is 13.3. The molecule has 0 bridgehead atoms. The molecule has 3 heterocycles. The van der Waals surface area contributed by atoms with Crippen LogP contribution in [0.4, 0.5) is 4.39 Å². The lowest BCUT2D eigenvalue weighted by Crippen LogP contribution is -2.53. The molecule has 1 saturated heterocycles. The lowest BCUT2D eigenvalue weighted by atomic mass is 9.73. The van der Waals surface area contributed by atoms with Gasteiger partial charge in [-0.05, 0) is 49.7 Å². The van der Waals surface area contributed by atoms with Crippen molar-refractivity contribution in [2.24, 2.45) is 5.41 Å². The first-order valence-corrected chi connectivity index (χ1v) is 16.0. The molecule has 0 radical (unpaired) electrons. The average Bonchev–Trinajstić information content (AvgIpc) is 3.67. The van der Waals surface area contributed by atoms with E-state index in [1.54, 1.807) is 15.9 Å². The summed E-state index contributed by atoms with van der Waals surface area (Å²) in [5.74, 6) is -0.286. The summed E-state index contributed by atoms with van der Waals surface area (Å²) in [7, 11) is 0. The van der Waals surface area contributed by atoms with Gasteiger partial charge in [0.15, 0.2) is 0 Å². The summed E-state index contributed by atoms with van der Waals surface area (Å²) in [6, 6.07) is 4.64. The SMILES string of the molecule is O=C(c1ccc(-c2nc3n(c2Cl)CC2(CCCCCCCCCC2)CC3)cc1F)N1CCN(C(=O)C2(O)CC2)CC1. The average molecular weight is 585 g/mol. The van der Waals surface area contributed by atoms with Gasteiger partial charge in [-0.15, -0.1) is 0 Å². The number of rotatable bonds is 3. The van der Waals surface area contributed by atoms with E-state index in [2.05, 4.69) is 4.57 Å². The van der Waals surface area contributed by atoms with Crippen molar-refractivity contribution in [2.75, 3.05) is 26.2 Å². The molecule has 1 aromatic carbocycles. The van der Waals surface area contributed by atoms with Crippen LogP contribution in [0, 0.1) is 11.2 Å². The van der Waals surface area contributed by atoms with Crippen LogP contribution in [0.15, 0.2) is 18.2 Å². The maximum absolute atomic E-state index is 15.4. The number of hydrogen-bond acceptors (Lipinski definition) is 4. The van der Waals surface area contributed by atoms with Crippen molar-refractivity contribution >= 4 is 23.4 Å². The van der Waals surface area contributed by atoms with Gasteiger partial charge in [0, 0.05) is 44.7 Å². The third kappa shape index (κ3) is 5.92. The molecule has 3 fully saturated rings. The quantitative estimate of drug-likeness (QED) is 0.480. The first-order chi connectivity index (χ1) is 19.8. The number of halogens is 2. The lowest BCUT2D eigenvalue weighted by molar-refractivity contribution is -0.143. The molecule has 6 rings (SSSR count). The van der Waals surface area contributed by atoms with Gasteiger partial charge in [-0.25, -0.2) is 9.37 Å². The third-order valence-electron chi connectivity index (χ3n) is 9.97. The zero-order valence-electron chi connectivity index (χ0n) is 24.0. The largest absolute Gasteiger partial charge is 0.380 e. The molecule has 1 N–H and O–H groups in total. The Hall–Kier alpha value is -2.45. The van der Waals surface area contributed by atoms with Gasteiger partial charge in [-0.1, -0.05) is 69.0 Å². The van der Waals surface area contributed by atoms with E-state index in [1.165, 1.54) is 76.3 Å². The fraction of sp³-hybridized carbons (Fsp3) is 0.656. The van der Waals surface area contributed by atoms with Crippen molar-refractivity contribution in [2.45, 2.75) is 102 Å². The number of piperazine rings is 1. The number of imidazole rings is 1. The molecule has 222 valence electrons. The van der Waals surface area contributed by atoms with Crippen LogP contribution in [0.2, 0.25) is 5.15 Å². The number of fused-ring (bicyclic) bond motifs is 1. The molecule has 1 aromatic heterocycles. The Labute approximate surface area is 247 Å². The molecule has 2 aromatic rings. The number of aryl methyl sites for hydroxylation is 1. The Morgan fingerprint density at radius 3 is 2.07 bits per heavy atom. The Kier molecular flexibility index (Phi) is 8.16. The van der Waals surface area contributed by atoms with E-state index in [1.807, 2.05) is 0 Å². The summed E-state index contributed by atoms with van der Waals surface area (Å²) in [5.41, 5.74) is 0.209. The first kappa shape index (κ1) is 28.7. The summed E-state index contributed by atoms with van der Waals surface area (Å²) in [4.78, 5) is 33.6. The second kappa shape index (κ2) is 11.7. The smallest absolute Gasteiger partial charge is 0.256 e. The highest BCUT2D eigenvalue weighted by atomic mass is 35.5. The van der Waals surface area contributed by atoms with Gasteiger partial charge >= 0.3 is 0 Å². The number of carbonyl (C=O) groups is 2. The predicted molar refractivity (Wildman–Crippen MR) is 156 cm³/mol. The molecule has 2 aliphatic heterocycles. The molecule has 2 amide bonds. The van der Waals surface area contributed by atoms with Gasteiger partial charge in [-0.2, -0.15) is 0 Å². The number of carbonyl (C=O) groups excluding carboxylic acids is 2. The fourth-order valence-electron chi connectivity index (χ4n) is 7.14. The third-order valence-corrected chi connectivity index (χ3v) is 10.4.